The molecule has 1 aliphatic rings. The van der Waals surface area contributed by atoms with Crippen molar-refractivity contribution in [3.8, 4) is 0 Å². The molecule has 2 heteroatoms. The summed E-state index contributed by atoms with van der Waals surface area (Å²) in [5.41, 5.74) is 2.77. The van der Waals surface area contributed by atoms with Crippen LogP contribution in [-0.2, 0) is 11.2 Å². The second kappa shape index (κ2) is 6.35. The fourth-order valence-corrected chi connectivity index (χ4v) is 2.86. The highest BCUT2D eigenvalue weighted by Gasteiger charge is 2.28. The largest absolute Gasteiger partial charge is 0.380 e. The number of hydrogen-bond donors (Lipinski definition) is 1. The monoisotopic (exact) mass is 247 g/mol. The molecule has 1 saturated carbocycles. The third-order valence-corrected chi connectivity index (χ3v) is 4.11. The van der Waals surface area contributed by atoms with Crippen molar-refractivity contribution in [2.24, 2.45) is 0 Å². The average molecular weight is 247 g/mol. The van der Waals surface area contributed by atoms with E-state index in [-0.39, 0.29) is 0 Å². The lowest BCUT2D eigenvalue weighted by Gasteiger charge is -2.24. The fraction of sp³-hybridized carbons (Fsp3) is 0.625. The summed E-state index contributed by atoms with van der Waals surface area (Å²) in [6, 6.07) is 9.86. The summed E-state index contributed by atoms with van der Waals surface area (Å²) < 4.78 is 5.53. The van der Waals surface area contributed by atoms with E-state index in [4.69, 9.17) is 4.74 Å². The first-order valence-corrected chi connectivity index (χ1v) is 7.12. The minimum absolute atomic E-state index is 0.391. The van der Waals surface area contributed by atoms with Gasteiger partial charge in [0.25, 0.3) is 0 Å². The molecule has 2 nitrogen and oxygen atoms in total. The predicted molar refractivity (Wildman–Crippen MR) is 75.8 cm³/mol. The van der Waals surface area contributed by atoms with Crippen LogP contribution in [0, 0.1) is 0 Å². The molecular weight excluding hydrogens is 222 g/mol. The molecule has 1 N–H and O–H groups in total. The average Bonchev–Trinajstić information content (AvgIpc) is 2.86. The number of ether oxygens (including phenoxy) is 1. The first kappa shape index (κ1) is 13.6. The van der Waals surface area contributed by atoms with Crippen LogP contribution in [0.25, 0.3) is 0 Å². The number of methoxy groups -OCH3 is 1. The Hall–Kier alpha value is -0.860. The van der Waals surface area contributed by atoms with Crippen LogP contribution < -0.4 is 5.32 Å². The highest BCUT2D eigenvalue weighted by molar-refractivity contribution is 5.24. The highest BCUT2D eigenvalue weighted by Crippen LogP contribution is 2.24. The van der Waals surface area contributed by atoms with Crippen LogP contribution in [0.3, 0.4) is 0 Å². The molecule has 1 aliphatic carbocycles. The molecule has 1 aromatic carbocycles. The van der Waals surface area contributed by atoms with Gasteiger partial charge in [0.05, 0.1) is 6.10 Å². The van der Waals surface area contributed by atoms with Gasteiger partial charge in [-0.15, -0.1) is 0 Å². The zero-order valence-corrected chi connectivity index (χ0v) is 11.8. The number of hydrogen-bond acceptors (Lipinski definition) is 2. The molecule has 100 valence electrons. The Morgan fingerprint density at radius 1 is 1.28 bits per heavy atom. The maximum atomic E-state index is 5.53. The van der Waals surface area contributed by atoms with Gasteiger partial charge in [0.2, 0.25) is 0 Å². The molecule has 0 heterocycles. The molecule has 1 fully saturated rings. The van der Waals surface area contributed by atoms with Crippen LogP contribution in [0.4, 0.5) is 0 Å². The molecule has 3 atom stereocenters. The molecule has 3 unspecified atom stereocenters. The minimum Gasteiger partial charge on any atom is -0.380 e. The van der Waals surface area contributed by atoms with Gasteiger partial charge in [0.15, 0.2) is 0 Å². The van der Waals surface area contributed by atoms with Gasteiger partial charge in [-0.05, 0) is 43.7 Å². The Labute approximate surface area is 111 Å². The zero-order valence-electron chi connectivity index (χ0n) is 11.8. The summed E-state index contributed by atoms with van der Waals surface area (Å²) >= 11 is 0. The Kier molecular flexibility index (Phi) is 4.79. The summed E-state index contributed by atoms with van der Waals surface area (Å²) in [7, 11) is 1.82. The van der Waals surface area contributed by atoms with Gasteiger partial charge in [-0.2, -0.15) is 0 Å². The fourth-order valence-electron chi connectivity index (χ4n) is 2.86. The second-order valence-electron chi connectivity index (χ2n) is 5.30. The molecule has 0 spiro atoms. The topological polar surface area (TPSA) is 21.3 Å². The van der Waals surface area contributed by atoms with Crippen LogP contribution in [0.15, 0.2) is 24.3 Å². The van der Waals surface area contributed by atoms with Gasteiger partial charge in [0.1, 0.15) is 0 Å². The quantitative estimate of drug-likeness (QED) is 0.860. The van der Waals surface area contributed by atoms with Crippen molar-refractivity contribution in [1.29, 1.82) is 0 Å². The predicted octanol–water partition coefficient (Wildman–Crippen LogP) is 3.47. The lowest BCUT2D eigenvalue weighted by molar-refractivity contribution is 0.0820. The van der Waals surface area contributed by atoms with Crippen molar-refractivity contribution in [1.82, 2.24) is 5.32 Å². The van der Waals surface area contributed by atoms with Gasteiger partial charge in [-0.1, -0.05) is 31.2 Å². The van der Waals surface area contributed by atoms with E-state index < -0.39 is 0 Å². The van der Waals surface area contributed by atoms with E-state index in [1.165, 1.54) is 30.4 Å². The summed E-state index contributed by atoms with van der Waals surface area (Å²) in [6.45, 7) is 4.43. The molecule has 18 heavy (non-hydrogen) atoms. The van der Waals surface area contributed by atoms with E-state index in [1.807, 2.05) is 7.11 Å². The van der Waals surface area contributed by atoms with Crippen molar-refractivity contribution in [2.45, 2.75) is 57.7 Å². The third kappa shape index (κ3) is 3.12. The Morgan fingerprint density at radius 2 is 2.00 bits per heavy atom. The molecule has 0 radical (unpaired) electrons. The third-order valence-electron chi connectivity index (χ3n) is 4.11. The summed E-state index contributed by atoms with van der Waals surface area (Å²) in [6.07, 6.45) is 5.20. The molecule has 0 bridgehead atoms. The maximum absolute atomic E-state index is 5.53. The number of aryl methyl sites for hydroxylation is 1. The van der Waals surface area contributed by atoms with Crippen molar-refractivity contribution in [3.05, 3.63) is 35.4 Å². The van der Waals surface area contributed by atoms with E-state index in [1.54, 1.807) is 0 Å². The van der Waals surface area contributed by atoms with Gasteiger partial charge >= 0.3 is 0 Å². The van der Waals surface area contributed by atoms with Crippen LogP contribution in [0.5, 0.6) is 0 Å². The van der Waals surface area contributed by atoms with Crippen LogP contribution in [0.1, 0.15) is 50.3 Å². The summed E-state index contributed by atoms with van der Waals surface area (Å²) in [5, 5.41) is 3.71. The van der Waals surface area contributed by atoms with E-state index >= 15 is 0 Å². The van der Waals surface area contributed by atoms with Crippen molar-refractivity contribution in [3.63, 3.8) is 0 Å². The Bertz CT molecular complexity index is 360. The van der Waals surface area contributed by atoms with Crippen molar-refractivity contribution in [2.75, 3.05) is 7.11 Å². The summed E-state index contributed by atoms with van der Waals surface area (Å²) in [5.74, 6) is 0. The minimum atomic E-state index is 0.391. The number of benzene rings is 1. The molecule has 0 amide bonds. The first-order valence-electron chi connectivity index (χ1n) is 7.12. The first-order chi connectivity index (χ1) is 8.74. The molecule has 2 rings (SSSR count). The second-order valence-corrected chi connectivity index (χ2v) is 5.30. The van der Waals surface area contributed by atoms with Crippen LogP contribution >= 0.6 is 0 Å². The van der Waals surface area contributed by atoms with Crippen LogP contribution in [0.2, 0.25) is 0 Å². The molecular formula is C16H25NO. The van der Waals surface area contributed by atoms with Gasteiger partial charge in [-0.25, -0.2) is 0 Å². The SMILES string of the molecule is CCc1ccc(C(C)NC2CCCC2OC)cc1. The normalized spacial score (nSPS) is 25.3. The molecule has 0 aliphatic heterocycles. The van der Waals surface area contributed by atoms with E-state index in [2.05, 4.69) is 43.4 Å². The lowest BCUT2D eigenvalue weighted by Crippen LogP contribution is -2.38. The highest BCUT2D eigenvalue weighted by atomic mass is 16.5. The standard InChI is InChI=1S/C16H25NO/c1-4-13-8-10-14(11-9-13)12(2)17-15-6-5-7-16(15)18-3/h8-12,15-17H,4-7H2,1-3H3. The van der Waals surface area contributed by atoms with Crippen molar-refractivity contribution >= 4 is 0 Å². The Morgan fingerprint density at radius 3 is 2.61 bits per heavy atom. The van der Waals surface area contributed by atoms with Gasteiger partial charge in [0, 0.05) is 19.2 Å². The van der Waals surface area contributed by atoms with Gasteiger partial charge in [-0.3, -0.25) is 0 Å². The number of nitrogens with one attached hydrogen (secondary N) is 1. The summed E-state index contributed by atoms with van der Waals surface area (Å²) in [4.78, 5) is 0. The van der Waals surface area contributed by atoms with E-state index in [9.17, 15) is 0 Å². The maximum Gasteiger partial charge on any atom is 0.0724 e. The smallest absolute Gasteiger partial charge is 0.0724 e. The molecule has 1 aromatic rings. The van der Waals surface area contributed by atoms with E-state index in [0.717, 1.165) is 6.42 Å². The van der Waals surface area contributed by atoms with Gasteiger partial charge < -0.3 is 10.1 Å². The molecule has 0 aromatic heterocycles. The van der Waals surface area contributed by atoms with E-state index in [0.29, 0.717) is 18.2 Å². The lowest BCUT2D eigenvalue weighted by atomic mass is 10.0. The Balaban J connectivity index is 1.95. The zero-order chi connectivity index (χ0) is 13.0. The van der Waals surface area contributed by atoms with Crippen molar-refractivity contribution < 1.29 is 4.74 Å². The molecule has 0 saturated heterocycles. The van der Waals surface area contributed by atoms with Crippen LogP contribution in [-0.4, -0.2) is 19.3 Å². The number of rotatable bonds is 5.